The molecular weight excluding hydrogens is 332 g/mol. The van der Waals surface area contributed by atoms with Crippen LogP contribution in [0.25, 0.3) is 0 Å². The largest absolute Gasteiger partial charge is 0.493 e. The van der Waals surface area contributed by atoms with Crippen LogP contribution in [0.5, 0.6) is 5.75 Å². The molecule has 2 aliphatic carbocycles. The molecule has 3 rings (SSSR count). The van der Waals surface area contributed by atoms with Gasteiger partial charge in [0, 0.05) is 5.54 Å². The van der Waals surface area contributed by atoms with E-state index in [1.807, 2.05) is 12.1 Å². The van der Waals surface area contributed by atoms with Gasteiger partial charge in [-0.1, -0.05) is 44.6 Å². The highest BCUT2D eigenvalue weighted by molar-refractivity contribution is 7.92. The summed E-state index contributed by atoms with van der Waals surface area (Å²) >= 11 is 0. The molecule has 25 heavy (non-hydrogen) atoms. The Morgan fingerprint density at radius 1 is 1.12 bits per heavy atom. The molecule has 1 aromatic rings. The molecule has 2 aliphatic rings. The number of nitrogens with one attached hydrogen (secondary N) is 1. The van der Waals surface area contributed by atoms with Crippen molar-refractivity contribution in [3.8, 4) is 5.75 Å². The van der Waals surface area contributed by atoms with Gasteiger partial charge in [0.1, 0.15) is 5.75 Å². The van der Waals surface area contributed by atoms with Crippen molar-refractivity contribution < 1.29 is 8.95 Å². The van der Waals surface area contributed by atoms with Crippen molar-refractivity contribution in [3.63, 3.8) is 0 Å². The predicted molar refractivity (Wildman–Crippen MR) is 103 cm³/mol. The van der Waals surface area contributed by atoms with Gasteiger partial charge in [0.25, 0.3) is 0 Å². The third-order valence-electron chi connectivity index (χ3n) is 5.74. The van der Waals surface area contributed by atoms with Gasteiger partial charge in [-0.25, -0.2) is 8.99 Å². The van der Waals surface area contributed by atoms with Gasteiger partial charge >= 0.3 is 0 Å². The Balaban J connectivity index is 1.64. The van der Waals surface area contributed by atoms with Crippen molar-refractivity contribution in [2.45, 2.75) is 74.6 Å². The Bertz CT molecular complexity index is 660. The van der Waals surface area contributed by atoms with Crippen molar-refractivity contribution in [2.24, 2.45) is 11.7 Å². The molecule has 2 fully saturated rings. The van der Waals surface area contributed by atoms with Gasteiger partial charge in [0.15, 0.2) is 0 Å². The molecule has 1 unspecified atom stereocenters. The number of ether oxygens (including phenoxy) is 1. The number of nitrogens with two attached hydrogens (primary N) is 1. The first-order chi connectivity index (χ1) is 12.0. The Morgan fingerprint density at radius 3 is 2.52 bits per heavy atom. The highest BCUT2D eigenvalue weighted by atomic mass is 32.2. The van der Waals surface area contributed by atoms with Crippen molar-refractivity contribution in [3.05, 3.63) is 24.3 Å². The monoisotopic (exact) mass is 364 g/mol. The summed E-state index contributed by atoms with van der Waals surface area (Å²) in [5, 5.41) is 0. The second kappa shape index (κ2) is 8.09. The summed E-state index contributed by atoms with van der Waals surface area (Å²) in [4.78, 5) is 0.559. The Kier molecular flexibility index (Phi) is 6.05. The van der Waals surface area contributed by atoms with Crippen LogP contribution in [0.15, 0.2) is 29.2 Å². The van der Waals surface area contributed by atoms with E-state index in [1.165, 1.54) is 38.5 Å². The topological polar surface area (TPSA) is 76.2 Å². The molecule has 0 amide bonds. The third-order valence-corrected chi connectivity index (χ3v) is 7.73. The van der Waals surface area contributed by atoms with Gasteiger partial charge in [-0.15, -0.1) is 0 Å². The van der Waals surface area contributed by atoms with Crippen molar-refractivity contribution >= 4 is 9.73 Å². The highest BCUT2D eigenvalue weighted by Gasteiger charge is 2.32. The molecule has 0 spiro atoms. The highest BCUT2D eigenvalue weighted by Crippen LogP contribution is 2.30. The summed E-state index contributed by atoms with van der Waals surface area (Å²) in [6.07, 6.45) is 11.5. The van der Waals surface area contributed by atoms with Gasteiger partial charge in [0.2, 0.25) is 0 Å². The maximum atomic E-state index is 13.1. The lowest BCUT2D eigenvalue weighted by Gasteiger charge is -2.33. The quantitative estimate of drug-likeness (QED) is 0.767. The second-order valence-electron chi connectivity index (χ2n) is 8.03. The lowest BCUT2D eigenvalue weighted by molar-refractivity contribution is 0.208. The molecular formula is C20H32N2O2S. The van der Waals surface area contributed by atoms with Crippen molar-refractivity contribution in [1.82, 2.24) is 0 Å². The fraction of sp³-hybridized carbons (Fsp3) is 0.700. The van der Waals surface area contributed by atoms with Gasteiger partial charge < -0.3 is 10.5 Å². The smallest absolute Gasteiger partial charge is 0.120 e. The molecule has 1 atom stereocenters. The summed E-state index contributed by atoms with van der Waals surface area (Å²) in [5.74, 6) is 1.62. The van der Waals surface area contributed by atoms with E-state index < -0.39 is 15.3 Å². The van der Waals surface area contributed by atoms with Crippen LogP contribution in [0.2, 0.25) is 0 Å². The minimum atomic E-state index is -2.89. The maximum absolute atomic E-state index is 13.1. The summed E-state index contributed by atoms with van der Waals surface area (Å²) in [6.45, 7) is 0.726. The summed E-state index contributed by atoms with van der Waals surface area (Å²) in [7, 11) is -2.89. The van der Waals surface area contributed by atoms with E-state index in [2.05, 4.69) is 0 Å². The molecule has 1 aromatic carbocycles. The molecule has 140 valence electrons. The third kappa shape index (κ3) is 5.20. The molecule has 3 N–H and O–H groups in total. The molecule has 0 aromatic heterocycles. The minimum Gasteiger partial charge on any atom is -0.493 e. The van der Waals surface area contributed by atoms with E-state index in [9.17, 15) is 4.21 Å². The van der Waals surface area contributed by atoms with Crippen LogP contribution in [0.1, 0.15) is 64.2 Å². The van der Waals surface area contributed by atoms with Gasteiger partial charge in [-0.05, 0) is 49.8 Å². The van der Waals surface area contributed by atoms with E-state index in [1.54, 1.807) is 12.1 Å². The zero-order chi connectivity index (χ0) is 17.8. The van der Waals surface area contributed by atoms with Crippen LogP contribution in [0.3, 0.4) is 0 Å². The molecule has 5 heteroatoms. The SMILES string of the molecule is N=S(=O)(CC1(N)CCCCC1)c1cccc(OCC2CCCCC2)c1. The van der Waals surface area contributed by atoms with Crippen LogP contribution in [-0.2, 0) is 9.73 Å². The van der Waals surface area contributed by atoms with Gasteiger partial charge in [-0.2, -0.15) is 0 Å². The molecule has 0 bridgehead atoms. The number of benzene rings is 1. The first-order valence-corrected chi connectivity index (χ1v) is 11.5. The summed E-state index contributed by atoms with van der Waals surface area (Å²) in [6, 6.07) is 7.34. The normalized spacial score (nSPS) is 23.7. The van der Waals surface area contributed by atoms with Crippen molar-refractivity contribution in [1.29, 1.82) is 4.78 Å². The van der Waals surface area contributed by atoms with Gasteiger partial charge in [-0.3, -0.25) is 0 Å². The predicted octanol–water partition coefficient (Wildman–Crippen LogP) is 4.71. The van der Waals surface area contributed by atoms with E-state index in [4.69, 9.17) is 15.3 Å². The average molecular weight is 365 g/mol. The van der Waals surface area contributed by atoms with E-state index in [0.29, 0.717) is 10.8 Å². The fourth-order valence-electron chi connectivity index (χ4n) is 4.23. The molecule has 2 saturated carbocycles. The Labute approximate surface area is 152 Å². The van der Waals surface area contributed by atoms with Crippen LogP contribution < -0.4 is 10.5 Å². The number of hydrogen-bond acceptors (Lipinski definition) is 4. The van der Waals surface area contributed by atoms with E-state index in [-0.39, 0.29) is 5.75 Å². The zero-order valence-electron chi connectivity index (χ0n) is 15.2. The maximum Gasteiger partial charge on any atom is 0.120 e. The lowest BCUT2D eigenvalue weighted by Crippen LogP contribution is -2.47. The minimum absolute atomic E-state index is 0.256. The van der Waals surface area contributed by atoms with Crippen molar-refractivity contribution in [2.75, 3.05) is 12.4 Å². The first-order valence-electron chi connectivity index (χ1n) is 9.75. The Hall–Kier alpha value is -1.07. The molecule has 4 nitrogen and oxygen atoms in total. The van der Waals surface area contributed by atoms with Gasteiger partial charge in [0.05, 0.1) is 27.0 Å². The second-order valence-corrected chi connectivity index (χ2v) is 10.1. The average Bonchev–Trinajstić information content (AvgIpc) is 2.61. The number of hydrogen-bond donors (Lipinski definition) is 2. The van der Waals surface area contributed by atoms with Crippen LogP contribution in [0.4, 0.5) is 0 Å². The van der Waals surface area contributed by atoms with E-state index >= 15 is 0 Å². The number of rotatable bonds is 6. The fourth-order valence-corrected chi connectivity index (χ4v) is 6.10. The Morgan fingerprint density at radius 2 is 1.80 bits per heavy atom. The molecule has 0 saturated heterocycles. The van der Waals surface area contributed by atoms with Crippen LogP contribution in [0, 0.1) is 10.7 Å². The summed E-state index contributed by atoms with van der Waals surface area (Å²) in [5.41, 5.74) is 6.00. The lowest BCUT2D eigenvalue weighted by atomic mass is 9.84. The molecule has 0 aliphatic heterocycles. The standard InChI is InChI=1S/C20H32N2O2S/c21-20(12-5-2-6-13-20)16-25(22,23)19-11-7-10-18(14-19)24-15-17-8-3-1-4-9-17/h7,10-11,14,17,22H,1-6,8-9,12-13,15-16,21H2. The zero-order valence-corrected chi connectivity index (χ0v) is 16.0. The molecule has 0 heterocycles. The molecule has 0 radical (unpaired) electrons. The van der Waals surface area contributed by atoms with Crippen LogP contribution in [-0.4, -0.2) is 22.1 Å². The van der Waals surface area contributed by atoms with E-state index in [0.717, 1.165) is 38.0 Å². The summed E-state index contributed by atoms with van der Waals surface area (Å²) < 4.78 is 27.5. The first kappa shape index (κ1) is 18.7. The van der Waals surface area contributed by atoms with Crippen LogP contribution >= 0.6 is 0 Å².